The van der Waals surface area contributed by atoms with Crippen LogP contribution in [0.15, 0.2) is 54.6 Å². The summed E-state index contributed by atoms with van der Waals surface area (Å²) in [6.45, 7) is 5.14. The molecule has 0 fully saturated rings. The number of hydrogen-bond acceptors (Lipinski definition) is 4. The van der Waals surface area contributed by atoms with Crippen LogP contribution < -0.4 is 10.1 Å². The lowest BCUT2D eigenvalue weighted by atomic mass is 10.1. The topological polar surface area (TPSA) is 71.5 Å². The number of pyridine rings is 1. The molecule has 0 atom stereocenters. The van der Waals surface area contributed by atoms with Crippen molar-refractivity contribution < 1.29 is 14.3 Å². The van der Waals surface area contributed by atoms with Gasteiger partial charge in [-0.05, 0) is 49.6 Å². The van der Waals surface area contributed by atoms with E-state index in [1.165, 1.54) is 7.11 Å². The second kappa shape index (κ2) is 8.52. The van der Waals surface area contributed by atoms with Gasteiger partial charge in [-0.25, -0.2) is 4.98 Å². The minimum atomic E-state index is -0.364. The zero-order chi connectivity index (χ0) is 20.1. The van der Waals surface area contributed by atoms with E-state index in [9.17, 15) is 9.59 Å². The van der Waals surface area contributed by atoms with Crippen LogP contribution in [0, 0.1) is 0 Å². The first kappa shape index (κ1) is 19.4. The average Bonchev–Trinajstić information content (AvgIpc) is 2.73. The third-order valence-corrected chi connectivity index (χ3v) is 4.55. The molecule has 0 bridgehead atoms. The molecule has 2 amide bonds. The Labute approximate surface area is 164 Å². The number of rotatable bonds is 6. The lowest BCUT2D eigenvalue weighted by Crippen LogP contribution is -2.30. The van der Waals surface area contributed by atoms with Crippen LogP contribution in [0.1, 0.15) is 34.7 Å². The molecule has 1 N–H and O–H groups in total. The molecule has 144 valence electrons. The van der Waals surface area contributed by atoms with E-state index in [1.54, 1.807) is 35.2 Å². The predicted octanol–water partition coefficient (Wildman–Crippen LogP) is 3.98. The van der Waals surface area contributed by atoms with E-state index in [4.69, 9.17) is 4.74 Å². The van der Waals surface area contributed by atoms with Crippen molar-refractivity contribution in [3.05, 3.63) is 65.9 Å². The van der Waals surface area contributed by atoms with Gasteiger partial charge in [-0.2, -0.15) is 0 Å². The van der Waals surface area contributed by atoms with Gasteiger partial charge in [0, 0.05) is 29.7 Å². The Morgan fingerprint density at radius 3 is 2.50 bits per heavy atom. The van der Waals surface area contributed by atoms with Gasteiger partial charge in [0.15, 0.2) is 0 Å². The summed E-state index contributed by atoms with van der Waals surface area (Å²) in [4.78, 5) is 31.3. The summed E-state index contributed by atoms with van der Waals surface area (Å²) in [6.07, 6.45) is 0. The van der Waals surface area contributed by atoms with Gasteiger partial charge in [-0.1, -0.05) is 24.3 Å². The highest BCUT2D eigenvalue weighted by atomic mass is 16.5. The maximum atomic E-state index is 12.7. The molecule has 0 aliphatic carbocycles. The Morgan fingerprint density at radius 2 is 1.79 bits per heavy atom. The van der Waals surface area contributed by atoms with Crippen LogP contribution in [0.3, 0.4) is 0 Å². The molecule has 0 spiro atoms. The van der Waals surface area contributed by atoms with Gasteiger partial charge in [-0.3, -0.25) is 9.59 Å². The Hall–Kier alpha value is -3.41. The molecule has 0 aliphatic rings. The summed E-state index contributed by atoms with van der Waals surface area (Å²) >= 11 is 0. The average molecular weight is 377 g/mol. The minimum absolute atomic E-state index is 0.0633. The molecule has 3 aromatic rings. The Balaban J connectivity index is 1.86. The van der Waals surface area contributed by atoms with Crippen LogP contribution in [0.5, 0.6) is 5.88 Å². The number of anilines is 1. The number of carbonyl (C=O) groups is 2. The molecule has 1 heterocycles. The van der Waals surface area contributed by atoms with Crippen molar-refractivity contribution in [1.29, 1.82) is 0 Å². The summed E-state index contributed by atoms with van der Waals surface area (Å²) in [5.41, 5.74) is 1.32. The fourth-order valence-electron chi connectivity index (χ4n) is 3.06. The summed E-state index contributed by atoms with van der Waals surface area (Å²) in [6, 6.07) is 16.2. The number of aromatic nitrogens is 1. The molecule has 0 unspecified atom stereocenters. The molecule has 0 aliphatic heterocycles. The molecule has 6 heteroatoms. The molecule has 2 aromatic carbocycles. The SMILES string of the molecule is CCN(CC)C(=O)c1cccc(NC(=O)c2cc3ccccc3c(OC)n2)c1. The van der Waals surface area contributed by atoms with Gasteiger partial charge in [0.05, 0.1) is 7.11 Å². The van der Waals surface area contributed by atoms with Crippen molar-refractivity contribution in [2.75, 3.05) is 25.5 Å². The van der Waals surface area contributed by atoms with Gasteiger partial charge in [-0.15, -0.1) is 0 Å². The van der Waals surface area contributed by atoms with E-state index in [1.807, 2.05) is 38.1 Å². The van der Waals surface area contributed by atoms with Gasteiger partial charge in [0.1, 0.15) is 5.69 Å². The molecule has 6 nitrogen and oxygen atoms in total. The number of ether oxygens (including phenoxy) is 1. The highest BCUT2D eigenvalue weighted by Gasteiger charge is 2.15. The van der Waals surface area contributed by atoms with Crippen molar-refractivity contribution >= 4 is 28.3 Å². The summed E-state index contributed by atoms with van der Waals surface area (Å²) in [7, 11) is 1.53. The van der Waals surface area contributed by atoms with Crippen LogP contribution in [-0.4, -0.2) is 41.9 Å². The fourth-order valence-corrected chi connectivity index (χ4v) is 3.06. The van der Waals surface area contributed by atoms with Crippen molar-refractivity contribution in [2.45, 2.75) is 13.8 Å². The summed E-state index contributed by atoms with van der Waals surface area (Å²) in [5, 5.41) is 4.52. The van der Waals surface area contributed by atoms with Crippen LogP contribution in [0.4, 0.5) is 5.69 Å². The number of nitrogens with one attached hydrogen (secondary N) is 1. The van der Waals surface area contributed by atoms with E-state index >= 15 is 0 Å². The quantitative estimate of drug-likeness (QED) is 0.705. The maximum absolute atomic E-state index is 12.7. The highest BCUT2D eigenvalue weighted by molar-refractivity contribution is 6.06. The number of nitrogens with zero attached hydrogens (tertiary/aromatic N) is 2. The van der Waals surface area contributed by atoms with Gasteiger partial charge in [0.25, 0.3) is 11.8 Å². The monoisotopic (exact) mass is 377 g/mol. The standard InChI is InChI=1S/C22H23N3O3/c1-4-25(5-2)22(27)16-10-8-11-17(13-16)23-20(26)19-14-15-9-6-7-12-18(15)21(24-19)28-3/h6-14H,4-5H2,1-3H3,(H,23,26). The zero-order valence-corrected chi connectivity index (χ0v) is 16.2. The number of carbonyl (C=O) groups excluding carboxylic acids is 2. The largest absolute Gasteiger partial charge is 0.481 e. The fraction of sp³-hybridized carbons (Fsp3) is 0.227. The molecule has 0 saturated heterocycles. The number of fused-ring (bicyclic) bond motifs is 1. The number of methoxy groups -OCH3 is 1. The molecule has 0 radical (unpaired) electrons. The number of benzene rings is 2. The lowest BCUT2D eigenvalue weighted by molar-refractivity contribution is 0.0772. The Morgan fingerprint density at radius 1 is 1.04 bits per heavy atom. The van der Waals surface area contributed by atoms with Crippen molar-refractivity contribution in [3.8, 4) is 5.88 Å². The lowest BCUT2D eigenvalue weighted by Gasteiger charge is -2.19. The first-order chi connectivity index (χ1) is 13.6. The molecular weight excluding hydrogens is 354 g/mol. The highest BCUT2D eigenvalue weighted by Crippen LogP contribution is 2.24. The number of amides is 2. The number of hydrogen-bond donors (Lipinski definition) is 1. The molecular formula is C22H23N3O3. The Kier molecular flexibility index (Phi) is 5.89. The molecule has 28 heavy (non-hydrogen) atoms. The van der Waals surface area contributed by atoms with Gasteiger partial charge < -0.3 is 15.0 Å². The maximum Gasteiger partial charge on any atom is 0.274 e. The normalized spacial score (nSPS) is 10.5. The predicted molar refractivity (Wildman–Crippen MR) is 110 cm³/mol. The van der Waals surface area contributed by atoms with Crippen LogP contribution in [0.2, 0.25) is 0 Å². The van der Waals surface area contributed by atoms with Gasteiger partial charge in [0.2, 0.25) is 5.88 Å². The molecule has 3 rings (SSSR count). The van der Waals surface area contributed by atoms with Crippen LogP contribution in [-0.2, 0) is 0 Å². The van der Waals surface area contributed by atoms with Crippen molar-refractivity contribution in [1.82, 2.24) is 9.88 Å². The third-order valence-electron chi connectivity index (χ3n) is 4.55. The van der Waals surface area contributed by atoms with Crippen LogP contribution >= 0.6 is 0 Å². The van der Waals surface area contributed by atoms with Crippen molar-refractivity contribution in [2.24, 2.45) is 0 Å². The van der Waals surface area contributed by atoms with Gasteiger partial charge >= 0.3 is 0 Å². The van der Waals surface area contributed by atoms with Crippen LogP contribution in [0.25, 0.3) is 10.8 Å². The zero-order valence-electron chi connectivity index (χ0n) is 16.2. The first-order valence-corrected chi connectivity index (χ1v) is 9.21. The third kappa shape index (κ3) is 3.96. The van der Waals surface area contributed by atoms with E-state index < -0.39 is 0 Å². The minimum Gasteiger partial charge on any atom is -0.481 e. The second-order valence-electron chi connectivity index (χ2n) is 6.25. The molecule has 1 aromatic heterocycles. The van der Waals surface area contributed by atoms with Crippen molar-refractivity contribution in [3.63, 3.8) is 0 Å². The smallest absolute Gasteiger partial charge is 0.274 e. The van der Waals surface area contributed by atoms with E-state index in [2.05, 4.69) is 10.3 Å². The molecule has 0 saturated carbocycles. The second-order valence-corrected chi connectivity index (χ2v) is 6.25. The van der Waals surface area contributed by atoms with E-state index in [0.717, 1.165) is 10.8 Å². The van der Waals surface area contributed by atoms with E-state index in [-0.39, 0.29) is 17.5 Å². The first-order valence-electron chi connectivity index (χ1n) is 9.21. The van der Waals surface area contributed by atoms with E-state index in [0.29, 0.717) is 30.2 Å². The Bertz CT molecular complexity index is 1010. The summed E-state index contributed by atoms with van der Waals surface area (Å²) in [5.74, 6) is -0.0307. The summed E-state index contributed by atoms with van der Waals surface area (Å²) < 4.78 is 5.33.